The molecule has 2 aromatic rings. The minimum Gasteiger partial charge on any atom is -0.464 e. The number of anilines is 2. The second-order valence-corrected chi connectivity index (χ2v) is 6.28. The number of nitro groups is 1. The van der Waals surface area contributed by atoms with Crippen LogP contribution in [-0.4, -0.2) is 28.9 Å². The zero-order valence-corrected chi connectivity index (χ0v) is 15.3. The SMILES string of the molecule is CCOC(=O)C(C)(C)Nc1cccc(NC(=O)c2ccccc2[N+](=O)[O-])c1. The molecule has 0 fully saturated rings. The molecule has 0 aliphatic heterocycles. The highest BCUT2D eigenvalue weighted by molar-refractivity contribution is 6.07. The molecule has 0 heterocycles. The fourth-order valence-corrected chi connectivity index (χ4v) is 2.42. The van der Waals surface area contributed by atoms with Crippen LogP contribution in [-0.2, 0) is 9.53 Å². The zero-order chi connectivity index (χ0) is 20.0. The molecule has 2 N–H and O–H groups in total. The largest absolute Gasteiger partial charge is 0.464 e. The van der Waals surface area contributed by atoms with Crippen molar-refractivity contribution in [1.82, 2.24) is 0 Å². The van der Waals surface area contributed by atoms with E-state index in [4.69, 9.17) is 4.74 Å². The van der Waals surface area contributed by atoms with Crippen molar-refractivity contribution in [3.05, 3.63) is 64.2 Å². The van der Waals surface area contributed by atoms with Crippen LogP contribution in [0.15, 0.2) is 48.5 Å². The lowest BCUT2D eigenvalue weighted by Crippen LogP contribution is -2.41. The smallest absolute Gasteiger partial charge is 0.331 e. The van der Waals surface area contributed by atoms with Gasteiger partial charge in [0.1, 0.15) is 11.1 Å². The fourth-order valence-electron chi connectivity index (χ4n) is 2.42. The first-order chi connectivity index (χ1) is 12.7. The first kappa shape index (κ1) is 19.9. The van der Waals surface area contributed by atoms with Gasteiger partial charge in [-0.3, -0.25) is 14.9 Å². The van der Waals surface area contributed by atoms with E-state index >= 15 is 0 Å². The predicted molar refractivity (Wildman–Crippen MR) is 102 cm³/mol. The van der Waals surface area contributed by atoms with E-state index in [2.05, 4.69) is 10.6 Å². The van der Waals surface area contributed by atoms with Gasteiger partial charge in [-0.25, -0.2) is 4.79 Å². The monoisotopic (exact) mass is 371 g/mol. The molecule has 0 spiro atoms. The average molecular weight is 371 g/mol. The Kier molecular flexibility index (Phi) is 6.12. The van der Waals surface area contributed by atoms with Gasteiger partial charge in [-0.15, -0.1) is 0 Å². The summed E-state index contributed by atoms with van der Waals surface area (Å²) >= 11 is 0. The van der Waals surface area contributed by atoms with Crippen molar-refractivity contribution in [3.63, 3.8) is 0 Å². The lowest BCUT2D eigenvalue weighted by Gasteiger charge is -2.25. The Morgan fingerprint density at radius 1 is 1.11 bits per heavy atom. The van der Waals surface area contributed by atoms with E-state index in [1.165, 1.54) is 18.2 Å². The van der Waals surface area contributed by atoms with Crippen LogP contribution in [0.3, 0.4) is 0 Å². The molecule has 2 aromatic carbocycles. The third-order valence-electron chi connectivity index (χ3n) is 3.71. The van der Waals surface area contributed by atoms with Crippen molar-refractivity contribution in [2.24, 2.45) is 0 Å². The van der Waals surface area contributed by atoms with Gasteiger partial charge in [0.15, 0.2) is 0 Å². The molecule has 0 aliphatic rings. The van der Waals surface area contributed by atoms with Gasteiger partial charge in [0, 0.05) is 17.4 Å². The van der Waals surface area contributed by atoms with E-state index in [-0.39, 0.29) is 17.9 Å². The molecule has 8 heteroatoms. The van der Waals surface area contributed by atoms with Crippen molar-refractivity contribution in [3.8, 4) is 0 Å². The highest BCUT2D eigenvalue weighted by Gasteiger charge is 2.29. The van der Waals surface area contributed by atoms with E-state index in [1.807, 2.05) is 0 Å². The van der Waals surface area contributed by atoms with Gasteiger partial charge >= 0.3 is 5.97 Å². The number of carbonyl (C=O) groups excluding carboxylic acids is 2. The van der Waals surface area contributed by atoms with Crippen LogP contribution in [0.1, 0.15) is 31.1 Å². The molecule has 0 atom stereocenters. The second kappa shape index (κ2) is 8.31. The van der Waals surface area contributed by atoms with Crippen molar-refractivity contribution < 1.29 is 19.2 Å². The van der Waals surface area contributed by atoms with E-state index < -0.39 is 22.3 Å². The number of ether oxygens (including phenoxy) is 1. The summed E-state index contributed by atoms with van der Waals surface area (Å²) in [7, 11) is 0. The van der Waals surface area contributed by atoms with Gasteiger partial charge in [0.25, 0.3) is 11.6 Å². The van der Waals surface area contributed by atoms with E-state index in [0.29, 0.717) is 11.4 Å². The van der Waals surface area contributed by atoms with Gasteiger partial charge < -0.3 is 15.4 Å². The van der Waals surface area contributed by atoms with Crippen LogP contribution in [0, 0.1) is 10.1 Å². The molecule has 0 radical (unpaired) electrons. The highest BCUT2D eigenvalue weighted by Crippen LogP contribution is 2.23. The highest BCUT2D eigenvalue weighted by atomic mass is 16.6. The quantitative estimate of drug-likeness (QED) is 0.437. The van der Waals surface area contributed by atoms with Crippen LogP contribution in [0.2, 0.25) is 0 Å². The van der Waals surface area contributed by atoms with Crippen LogP contribution in [0.25, 0.3) is 0 Å². The Balaban J connectivity index is 2.18. The van der Waals surface area contributed by atoms with Crippen LogP contribution >= 0.6 is 0 Å². The number of nitrogens with zero attached hydrogens (tertiary/aromatic N) is 1. The number of hydrogen-bond acceptors (Lipinski definition) is 6. The Bertz CT molecular complexity index is 864. The third kappa shape index (κ3) is 5.04. The molecule has 27 heavy (non-hydrogen) atoms. The maximum absolute atomic E-state index is 12.4. The molecule has 8 nitrogen and oxygen atoms in total. The summed E-state index contributed by atoms with van der Waals surface area (Å²) < 4.78 is 5.03. The molecule has 0 aliphatic carbocycles. The van der Waals surface area contributed by atoms with E-state index in [9.17, 15) is 19.7 Å². The zero-order valence-electron chi connectivity index (χ0n) is 15.3. The Hall–Kier alpha value is -3.42. The maximum Gasteiger partial charge on any atom is 0.331 e. The number of rotatable bonds is 7. The summed E-state index contributed by atoms with van der Waals surface area (Å²) in [4.78, 5) is 34.9. The number of para-hydroxylation sites is 1. The number of amides is 1. The number of benzene rings is 2. The van der Waals surface area contributed by atoms with Crippen LogP contribution in [0.5, 0.6) is 0 Å². The summed E-state index contributed by atoms with van der Waals surface area (Å²) in [6.45, 7) is 5.37. The van der Waals surface area contributed by atoms with Gasteiger partial charge in [0.2, 0.25) is 0 Å². The van der Waals surface area contributed by atoms with Gasteiger partial charge in [-0.1, -0.05) is 18.2 Å². The number of esters is 1. The molecule has 0 saturated carbocycles. The molecule has 0 bridgehead atoms. The molecular formula is C19H21N3O5. The van der Waals surface area contributed by atoms with Crippen molar-refractivity contribution in [2.45, 2.75) is 26.3 Å². The van der Waals surface area contributed by atoms with E-state index in [1.54, 1.807) is 51.1 Å². The number of nitrogens with one attached hydrogen (secondary N) is 2. The van der Waals surface area contributed by atoms with Crippen LogP contribution < -0.4 is 10.6 Å². The summed E-state index contributed by atoms with van der Waals surface area (Å²) in [5.74, 6) is -0.997. The van der Waals surface area contributed by atoms with Crippen molar-refractivity contribution >= 4 is 28.9 Å². The molecule has 0 aromatic heterocycles. The average Bonchev–Trinajstić information content (AvgIpc) is 2.61. The van der Waals surface area contributed by atoms with Gasteiger partial charge in [-0.2, -0.15) is 0 Å². The number of carbonyl (C=O) groups is 2. The summed E-state index contributed by atoms with van der Waals surface area (Å²) in [6, 6.07) is 12.4. The van der Waals surface area contributed by atoms with Gasteiger partial charge in [0.05, 0.1) is 11.5 Å². The molecule has 0 unspecified atom stereocenters. The molecular weight excluding hydrogens is 350 g/mol. The lowest BCUT2D eigenvalue weighted by atomic mass is 10.1. The maximum atomic E-state index is 12.4. The van der Waals surface area contributed by atoms with Crippen molar-refractivity contribution in [1.29, 1.82) is 0 Å². The standard InChI is InChI=1S/C19H21N3O5/c1-4-27-18(24)19(2,3)21-14-9-7-8-13(12-14)20-17(23)15-10-5-6-11-16(15)22(25)26/h5-12,21H,4H2,1-3H3,(H,20,23). The second-order valence-electron chi connectivity index (χ2n) is 6.28. The third-order valence-corrected chi connectivity index (χ3v) is 3.71. The Morgan fingerprint density at radius 2 is 1.78 bits per heavy atom. The van der Waals surface area contributed by atoms with E-state index in [0.717, 1.165) is 0 Å². The Labute approximate surface area is 156 Å². The normalized spacial score (nSPS) is 10.8. The number of nitro benzene ring substituents is 1. The molecule has 142 valence electrons. The topological polar surface area (TPSA) is 111 Å². The first-order valence-corrected chi connectivity index (χ1v) is 8.35. The number of hydrogen-bond donors (Lipinski definition) is 2. The molecule has 2 rings (SSSR count). The fraction of sp³-hybridized carbons (Fsp3) is 0.263. The Morgan fingerprint density at radius 3 is 2.44 bits per heavy atom. The first-order valence-electron chi connectivity index (χ1n) is 8.35. The van der Waals surface area contributed by atoms with Crippen molar-refractivity contribution in [2.75, 3.05) is 17.2 Å². The summed E-state index contributed by atoms with van der Waals surface area (Å²) in [5.41, 5.74) is -0.242. The summed E-state index contributed by atoms with van der Waals surface area (Å²) in [6.07, 6.45) is 0. The minimum atomic E-state index is -0.961. The molecule has 1 amide bonds. The molecule has 0 saturated heterocycles. The van der Waals surface area contributed by atoms with Gasteiger partial charge in [-0.05, 0) is 45.0 Å². The predicted octanol–water partition coefficient (Wildman–Crippen LogP) is 3.60. The minimum absolute atomic E-state index is 0.0345. The lowest BCUT2D eigenvalue weighted by molar-refractivity contribution is -0.385. The van der Waals surface area contributed by atoms with Crippen LogP contribution in [0.4, 0.5) is 17.1 Å². The summed E-state index contributed by atoms with van der Waals surface area (Å²) in [5, 5.41) is 16.8.